The van der Waals surface area contributed by atoms with Gasteiger partial charge in [0.05, 0.1) is 6.42 Å². The Bertz CT molecular complexity index is 409. The van der Waals surface area contributed by atoms with Gasteiger partial charge in [0.2, 0.25) is 5.91 Å². The van der Waals surface area contributed by atoms with Gasteiger partial charge in [0.15, 0.2) is 0 Å². The molecular weight excluding hydrogens is 238 g/mol. The molecule has 3 nitrogen and oxygen atoms in total. The van der Waals surface area contributed by atoms with Crippen molar-refractivity contribution >= 4 is 5.91 Å². The molecule has 0 aliphatic heterocycles. The fourth-order valence-corrected chi connectivity index (χ4v) is 2.73. The number of hydrogen-bond donors (Lipinski definition) is 2. The Balaban J connectivity index is 1.82. The third-order valence-corrected chi connectivity index (χ3v) is 3.75. The first-order chi connectivity index (χ1) is 9.24. The van der Waals surface area contributed by atoms with Gasteiger partial charge in [-0.1, -0.05) is 44.2 Å². The minimum Gasteiger partial charge on any atom is -0.508 e. The maximum Gasteiger partial charge on any atom is 0.224 e. The molecule has 0 aromatic heterocycles. The van der Waals surface area contributed by atoms with Gasteiger partial charge in [0.25, 0.3) is 0 Å². The first kappa shape index (κ1) is 13.9. The molecule has 1 aliphatic carbocycles. The highest BCUT2D eigenvalue weighted by Crippen LogP contribution is 2.17. The molecule has 0 unspecified atom stereocenters. The summed E-state index contributed by atoms with van der Waals surface area (Å²) >= 11 is 0. The second kappa shape index (κ2) is 7.17. The van der Waals surface area contributed by atoms with Gasteiger partial charge in [-0.05, 0) is 30.5 Å². The van der Waals surface area contributed by atoms with E-state index in [1.807, 2.05) is 6.07 Å². The number of carbonyl (C=O) groups is 1. The minimum absolute atomic E-state index is 0.0659. The molecular formula is C16H23NO2. The summed E-state index contributed by atoms with van der Waals surface area (Å²) in [5.41, 5.74) is 0.864. The largest absolute Gasteiger partial charge is 0.508 e. The minimum atomic E-state index is 0.0659. The van der Waals surface area contributed by atoms with Crippen LogP contribution in [0.1, 0.15) is 50.5 Å². The predicted octanol–water partition coefficient (Wildman–Crippen LogP) is 3.16. The third kappa shape index (κ3) is 4.93. The van der Waals surface area contributed by atoms with Crippen LogP contribution in [-0.2, 0) is 11.2 Å². The molecule has 19 heavy (non-hydrogen) atoms. The van der Waals surface area contributed by atoms with Crippen molar-refractivity contribution in [1.82, 2.24) is 5.32 Å². The number of nitrogens with one attached hydrogen (secondary N) is 1. The van der Waals surface area contributed by atoms with Crippen LogP contribution in [0.5, 0.6) is 5.75 Å². The van der Waals surface area contributed by atoms with Crippen LogP contribution < -0.4 is 5.32 Å². The Morgan fingerprint density at radius 2 is 1.84 bits per heavy atom. The summed E-state index contributed by atoms with van der Waals surface area (Å²) in [5, 5.41) is 12.5. The molecule has 0 radical (unpaired) electrons. The SMILES string of the molecule is O=C(Cc1cccc(O)c1)NC1CCCCCCC1. The zero-order valence-corrected chi connectivity index (χ0v) is 11.4. The molecule has 1 amide bonds. The molecule has 2 N–H and O–H groups in total. The lowest BCUT2D eigenvalue weighted by atomic mass is 9.96. The van der Waals surface area contributed by atoms with Crippen molar-refractivity contribution in [2.45, 2.75) is 57.4 Å². The molecule has 1 saturated carbocycles. The Hall–Kier alpha value is -1.51. The number of phenols is 1. The van der Waals surface area contributed by atoms with Crippen molar-refractivity contribution < 1.29 is 9.90 Å². The molecule has 1 fully saturated rings. The molecule has 1 aromatic carbocycles. The number of carbonyl (C=O) groups excluding carboxylic acids is 1. The van der Waals surface area contributed by atoms with Crippen LogP contribution in [0.25, 0.3) is 0 Å². The Kier molecular flexibility index (Phi) is 5.25. The van der Waals surface area contributed by atoms with E-state index in [4.69, 9.17) is 0 Å². The van der Waals surface area contributed by atoms with E-state index in [0.717, 1.165) is 18.4 Å². The normalized spacial score (nSPS) is 17.5. The van der Waals surface area contributed by atoms with E-state index in [9.17, 15) is 9.90 Å². The topological polar surface area (TPSA) is 49.3 Å². The van der Waals surface area contributed by atoms with Gasteiger partial charge in [0.1, 0.15) is 5.75 Å². The molecule has 3 heteroatoms. The number of aromatic hydroxyl groups is 1. The summed E-state index contributed by atoms with van der Waals surface area (Å²) in [5.74, 6) is 0.285. The maximum absolute atomic E-state index is 12.0. The number of phenolic OH excluding ortho intramolecular Hbond substituents is 1. The molecule has 2 rings (SSSR count). The Morgan fingerprint density at radius 1 is 1.16 bits per heavy atom. The summed E-state index contributed by atoms with van der Waals surface area (Å²) < 4.78 is 0. The predicted molar refractivity (Wildman–Crippen MR) is 76.1 cm³/mol. The third-order valence-electron chi connectivity index (χ3n) is 3.75. The maximum atomic E-state index is 12.0. The number of hydrogen-bond acceptors (Lipinski definition) is 2. The fourth-order valence-electron chi connectivity index (χ4n) is 2.73. The van der Waals surface area contributed by atoms with E-state index in [0.29, 0.717) is 12.5 Å². The molecule has 104 valence electrons. The molecule has 1 aromatic rings. The summed E-state index contributed by atoms with van der Waals surface area (Å²) in [6, 6.07) is 7.25. The fraction of sp³-hybridized carbons (Fsp3) is 0.562. The van der Waals surface area contributed by atoms with Crippen LogP contribution in [0.15, 0.2) is 24.3 Å². The van der Waals surface area contributed by atoms with Gasteiger partial charge in [0, 0.05) is 6.04 Å². The highest BCUT2D eigenvalue weighted by Gasteiger charge is 2.14. The van der Waals surface area contributed by atoms with E-state index in [-0.39, 0.29) is 11.7 Å². The second-order valence-corrected chi connectivity index (χ2v) is 5.46. The monoisotopic (exact) mass is 261 g/mol. The Morgan fingerprint density at radius 3 is 2.53 bits per heavy atom. The first-order valence-corrected chi connectivity index (χ1v) is 7.31. The highest BCUT2D eigenvalue weighted by molar-refractivity contribution is 5.78. The van der Waals surface area contributed by atoms with Crippen LogP contribution in [0, 0.1) is 0 Å². The van der Waals surface area contributed by atoms with Crippen molar-refractivity contribution in [3.05, 3.63) is 29.8 Å². The van der Waals surface area contributed by atoms with Crippen LogP contribution in [0.2, 0.25) is 0 Å². The molecule has 0 bridgehead atoms. The average molecular weight is 261 g/mol. The van der Waals surface area contributed by atoms with Crippen molar-refractivity contribution in [1.29, 1.82) is 0 Å². The smallest absolute Gasteiger partial charge is 0.224 e. The molecule has 0 spiro atoms. The van der Waals surface area contributed by atoms with Crippen LogP contribution in [0.4, 0.5) is 0 Å². The zero-order valence-electron chi connectivity index (χ0n) is 11.4. The van der Waals surface area contributed by atoms with E-state index in [1.165, 1.54) is 32.1 Å². The van der Waals surface area contributed by atoms with Gasteiger partial charge < -0.3 is 10.4 Å². The highest BCUT2D eigenvalue weighted by atomic mass is 16.3. The first-order valence-electron chi connectivity index (χ1n) is 7.31. The van der Waals surface area contributed by atoms with Gasteiger partial charge in [-0.15, -0.1) is 0 Å². The van der Waals surface area contributed by atoms with Crippen molar-refractivity contribution in [2.24, 2.45) is 0 Å². The molecule has 0 heterocycles. The Labute approximate surface area is 115 Å². The van der Waals surface area contributed by atoms with Crippen molar-refractivity contribution in [3.8, 4) is 5.75 Å². The number of amides is 1. The average Bonchev–Trinajstić information content (AvgIpc) is 2.32. The molecule has 0 atom stereocenters. The van der Waals surface area contributed by atoms with Crippen molar-refractivity contribution in [3.63, 3.8) is 0 Å². The molecule has 0 saturated heterocycles. The van der Waals surface area contributed by atoms with E-state index in [1.54, 1.807) is 18.2 Å². The number of rotatable bonds is 3. The lowest BCUT2D eigenvalue weighted by Crippen LogP contribution is -2.36. The van der Waals surface area contributed by atoms with E-state index in [2.05, 4.69) is 5.32 Å². The van der Waals surface area contributed by atoms with E-state index < -0.39 is 0 Å². The summed E-state index contributed by atoms with van der Waals surface area (Å²) in [4.78, 5) is 12.0. The zero-order chi connectivity index (χ0) is 13.5. The van der Waals surface area contributed by atoms with Crippen LogP contribution >= 0.6 is 0 Å². The number of benzene rings is 1. The summed E-state index contributed by atoms with van der Waals surface area (Å²) in [7, 11) is 0. The lowest BCUT2D eigenvalue weighted by molar-refractivity contribution is -0.121. The quantitative estimate of drug-likeness (QED) is 0.878. The van der Waals surface area contributed by atoms with Gasteiger partial charge in [-0.25, -0.2) is 0 Å². The standard InChI is InChI=1S/C16H23NO2/c18-15-10-6-7-13(11-15)12-16(19)17-14-8-4-2-1-3-5-9-14/h6-7,10-11,14,18H,1-5,8-9,12H2,(H,17,19). The summed E-state index contributed by atoms with van der Waals surface area (Å²) in [6.45, 7) is 0. The van der Waals surface area contributed by atoms with Gasteiger partial charge in [-0.2, -0.15) is 0 Å². The molecule has 1 aliphatic rings. The lowest BCUT2D eigenvalue weighted by Gasteiger charge is -2.21. The van der Waals surface area contributed by atoms with Crippen LogP contribution in [0.3, 0.4) is 0 Å². The second-order valence-electron chi connectivity index (χ2n) is 5.46. The van der Waals surface area contributed by atoms with Gasteiger partial charge >= 0.3 is 0 Å². The van der Waals surface area contributed by atoms with E-state index >= 15 is 0 Å². The van der Waals surface area contributed by atoms with Crippen molar-refractivity contribution in [2.75, 3.05) is 0 Å². The van der Waals surface area contributed by atoms with Gasteiger partial charge in [-0.3, -0.25) is 4.79 Å². The summed E-state index contributed by atoms with van der Waals surface area (Å²) in [6.07, 6.45) is 8.92. The van der Waals surface area contributed by atoms with Crippen LogP contribution in [-0.4, -0.2) is 17.1 Å².